The van der Waals surface area contributed by atoms with Gasteiger partial charge in [-0.25, -0.2) is 4.79 Å². The number of nitrogens with zero attached hydrogens (tertiary/aromatic N) is 3. The second kappa shape index (κ2) is 5.87. The van der Waals surface area contributed by atoms with Crippen molar-refractivity contribution in [3.05, 3.63) is 35.9 Å². The van der Waals surface area contributed by atoms with Crippen LogP contribution >= 0.6 is 0 Å². The van der Waals surface area contributed by atoms with Crippen LogP contribution in [0.1, 0.15) is 25.3 Å². The van der Waals surface area contributed by atoms with Gasteiger partial charge in [-0.3, -0.25) is 4.79 Å². The van der Waals surface area contributed by atoms with Gasteiger partial charge in [0.2, 0.25) is 5.91 Å². The molecule has 0 radical (unpaired) electrons. The Hall–Kier alpha value is -2.04. The Morgan fingerprint density at radius 1 is 1.13 bits per heavy atom. The van der Waals surface area contributed by atoms with Gasteiger partial charge in [-0.2, -0.15) is 0 Å². The van der Waals surface area contributed by atoms with Crippen molar-refractivity contribution >= 4 is 11.9 Å². The van der Waals surface area contributed by atoms with Crippen LogP contribution in [-0.2, 0) is 10.2 Å². The molecule has 1 aromatic carbocycles. The SMILES string of the molecule is CC(=O)N1CCC2(c3ccccc3)CCN(C(=O)N(C)C)CC12. The van der Waals surface area contributed by atoms with Crippen LogP contribution in [0.2, 0.25) is 0 Å². The van der Waals surface area contributed by atoms with Crippen LogP contribution in [0.15, 0.2) is 30.3 Å². The molecule has 0 bridgehead atoms. The molecule has 0 aliphatic carbocycles. The van der Waals surface area contributed by atoms with E-state index in [9.17, 15) is 9.59 Å². The fourth-order valence-electron chi connectivity index (χ4n) is 4.22. The first-order chi connectivity index (χ1) is 11.0. The lowest BCUT2D eigenvalue weighted by atomic mass is 9.69. The van der Waals surface area contributed by atoms with Gasteiger partial charge < -0.3 is 14.7 Å². The summed E-state index contributed by atoms with van der Waals surface area (Å²) in [7, 11) is 3.55. The number of hydrogen-bond acceptors (Lipinski definition) is 2. The van der Waals surface area contributed by atoms with E-state index in [4.69, 9.17) is 0 Å². The van der Waals surface area contributed by atoms with Gasteiger partial charge in [0.15, 0.2) is 0 Å². The first kappa shape index (κ1) is 15.8. The molecule has 2 unspecified atom stereocenters. The quantitative estimate of drug-likeness (QED) is 0.795. The maximum atomic E-state index is 12.4. The second-order valence-corrected chi connectivity index (χ2v) is 6.87. The summed E-state index contributed by atoms with van der Waals surface area (Å²) in [4.78, 5) is 29.9. The Labute approximate surface area is 137 Å². The fraction of sp³-hybridized carbons (Fsp3) is 0.556. The number of amides is 3. The predicted octanol–water partition coefficient (Wildman–Crippen LogP) is 1.93. The van der Waals surface area contributed by atoms with Crippen LogP contribution in [0.4, 0.5) is 4.79 Å². The molecular weight excluding hydrogens is 290 g/mol. The standard InChI is InChI=1S/C18H25N3O2/c1-14(22)21-12-10-18(15-7-5-4-6-8-15)9-11-20(13-16(18)21)17(23)19(2)3/h4-8,16H,9-13H2,1-3H3. The lowest BCUT2D eigenvalue weighted by Gasteiger charge is -2.46. The molecule has 23 heavy (non-hydrogen) atoms. The minimum Gasteiger partial charge on any atom is -0.337 e. The van der Waals surface area contributed by atoms with Gasteiger partial charge in [0, 0.05) is 46.1 Å². The molecular formula is C18H25N3O2. The lowest BCUT2D eigenvalue weighted by Crippen LogP contribution is -2.58. The highest BCUT2D eigenvalue weighted by Crippen LogP contribution is 2.45. The molecule has 2 aliphatic heterocycles. The number of hydrogen-bond donors (Lipinski definition) is 0. The average Bonchev–Trinajstić information content (AvgIpc) is 2.94. The molecule has 0 saturated carbocycles. The summed E-state index contributed by atoms with van der Waals surface area (Å²) in [6.45, 7) is 3.77. The van der Waals surface area contributed by atoms with Crippen LogP contribution in [0, 0.1) is 0 Å². The number of rotatable bonds is 1. The zero-order valence-corrected chi connectivity index (χ0v) is 14.2. The summed E-state index contributed by atoms with van der Waals surface area (Å²) in [5.41, 5.74) is 1.28. The van der Waals surface area contributed by atoms with E-state index in [-0.39, 0.29) is 23.4 Å². The monoisotopic (exact) mass is 315 g/mol. The normalized spacial score (nSPS) is 26.8. The van der Waals surface area contributed by atoms with Crippen molar-refractivity contribution in [3.63, 3.8) is 0 Å². The van der Waals surface area contributed by atoms with E-state index in [0.717, 1.165) is 25.9 Å². The minimum absolute atomic E-state index is 0.0178. The molecule has 3 amide bonds. The molecule has 2 heterocycles. The predicted molar refractivity (Wildman–Crippen MR) is 89.2 cm³/mol. The highest BCUT2D eigenvalue weighted by molar-refractivity contribution is 5.76. The van der Waals surface area contributed by atoms with E-state index < -0.39 is 0 Å². The highest BCUT2D eigenvalue weighted by atomic mass is 16.2. The minimum atomic E-state index is -0.0178. The molecule has 5 nitrogen and oxygen atoms in total. The van der Waals surface area contributed by atoms with Gasteiger partial charge >= 0.3 is 6.03 Å². The number of likely N-dealkylation sites (tertiary alicyclic amines) is 2. The zero-order valence-electron chi connectivity index (χ0n) is 14.2. The third kappa shape index (κ3) is 2.58. The molecule has 2 atom stereocenters. The van der Waals surface area contributed by atoms with Crippen molar-refractivity contribution in [1.29, 1.82) is 0 Å². The molecule has 0 spiro atoms. The molecule has 1 aromatic rings. The van der Waals surface area contributed by atoms with Gasteiger partial charge in [-0.1, -0.05) is 30.3 Å². The fourth-order valence-corrected chi connectivity index (χ4v) is 4.22. The van der Waals surface area contributed by atoms with Crippen molar-refractivity contribution in [2.24, 2.45) is 0 Å². The van der Waals surface area contributed by atoms with E-state index in [2.05, 4.69) is 24.3 Å². The van der Waals surface area contributed by atoms with Crippen LogP contribution in [0.3, 0.4) is 0 Å². The summed E-state index contributed by atoms with van der Waals surface area (Å²) < 4.78 is 0. The molecule has 5 heteroatoms. The van der Waals surface area contributed by atoms with E-state index >= 15 is 0 Å². The lowest BCUT2D eigenvalue weighted by molar-refractivity contribution is -0.130. The zero-order chi connectivity index (χ0) is 16.6. The van der Waals surface area contributed by atoms with Crippen molar-refractivity contribution in [2.45, 2.75) is 31.2 Å². The molecule has 2 fully saturated rings. The van der Waals surface area contributed by atoms with Gasteiger partial charge in [-0.05, 0) is 18.4 Å². The van der Waals surface area contributed by atoms with Gasteiger partial charge in [-0.15, -0.1) is 0 Å². The third-order valence-corrected chi connectivity index (χ3v) is 5.44. The molecule has 3 rings (SSSR count). The van der Waals surface area contributed by atoms with Crippen molar-refractivity contribution in [2.75, 3.05) is 33.7 Å². The topological polar surface area (TPSA) is 43.9 Å². The molecule has 0 N–H and O–H groups in total. The summed E-state index contributed by atoms with van der Waals surface area (Å²) in [6, 6.07) is 10.6. The van der Waals surface area contributed by atoms with E-state index in [1.165, 1.54) is 5.56 Å². The third-order valence-electron chi connectivity index (χ3n) is 5.44. The van der Waals surface area contributed by atoms with Gasteiger partial charge in [0.05, 0.1) is 6.04 Å². The number of benzene rings is 1. The first-order valence-electron chi connectivity index (χ1n) is 8.25. The first-order valence-corrected chi connectivity index (χ1v) is 8.25. The Morgan fingerprint density at radius 3 is 2.39 bits per heavy atom. The Morgan fingerprint density at radius 2 is 1.78 bits per heavy atom. The van der Waals surface area contributed by atoms with Crippen LogP contribution < -0.4 is 0 Å². The van der Waals surface area contributed by atoms with E-state index in [1.807, 2.05) is 15.9 Å². The van der Waals surface area contributed by atoms with Crippen molar-refractivity contribution in [3.8, 4) is 0 Å². The van der Waals surface area contributed by atoms with Crippen molar-refractivity contribution in [1.82, 2.24) is 14.7 Å². The van der Waals surface area contributed by atoms with Gasteiger partial charge in [0.25, 0.3) is 0 Å². The summed E-state index contributed by atoms with van der Waals surface area (Å²) in [6.07, 6.45) is 1.89. The highest BCUT2D eigenvalue weighted by Gasteiger charge is 2.52. The van der Waals surface area contributed by atoms with Gasteiger partial charge in [0.1, 0.15) is 0 Å². The second-order valence-electron chi connectivity index (χ2n) is 6.87. The van der Waals surface area contributed by atoms with Crippen LogP contribution in [0.25, 0.3) is 0 Å². The van der Waals surface area contributed by atoms with Crippen LogP contribution in [-0.4, -0.2) is 66.4 Å². The maximum Gasteiger partial charge on any atom is 0.319 e. The smallest absolute Gasteiger partial charge is 0.319 e. The molecule has 124 valence electrons. The summed E-state index contributed by atoms with van der Waals surface area (Å²) in [5, 5.41) is 0. The number of fused-ring (bicyclic) bond motifs is 1. The average molecular weight is 315 g/mol. The molecule has 0 aromatic heterocycles. The van der Waals surface area contributed by atoms with Crippen molar-refractivity contribution < 1.29 is 9.59 Å². The Bertz CT molecular complexity index is 602. The number of carbonyl (C=O) groups excluding carboxylic acids is 2. The van der Waals surface area contributed by atoms with E-state index in [0.29, 0.717) is 6.54 Å². The molecule has 2 aliphatic rings. The Balaban J connectivity index is 1.94. The van der Waals surface area contributed by atoms with Crippen LogP contribution in [0.5, 0.6) is 0 Å². The number of piperidine rings is 1. The largest absolute Gasteiger partial charge is 0.337 e. The number of carbonyl (C=O) groups is 2. The number of urea groups is 1. The maximum absolute atomic E-state index is 12.4. The molecule has 2 saturated heterocycles. The summed E-state index contributed by atoms with van der Waals surface area (Å²) in [5.74, 6) is 0.104. The summed E-state index contributed by atoms with van der Waals surface area (Å²) >= 11 is 0. The van der Waals surface area contributed by atoms with E-state index in [1.54, 1.807) is 25.9 Å². The Kier molecular flexibility index (Phi) is 4.04.